The molecule has 0 radical (unpaired) electrons. The maximum atomic E-state index is 14.4. The van der Waals surface area contributed by atoms with E-state index in [0.29, 0.717) is 0 Å². The Hall–Kier alpha value is -3.90. The summed E-state index contributed by atoms with van der Waals surface area (Å²) in [4.78, 5) is 17.2. The SMILES string of the molecule is CCn1c(C(O)(c2ccccc2)C(F)(F)F)nc2cc(C(=O)Nc3cccc(S(C)(=O)=O)c3)cc(OC)c21. The van der Waals surface area contributed by atoms with E-state index in [0.717, 1.165) is 18.4 Å². The van der Waals surface area contributed by atoms with Crippen molar-refractivity contribution in [1.82, 2.24) is 9.55 Å². The molecule has 0 aliphatic carbocycles. The Morgan fingerprint density at radius 1 is 1.08 bits per heavy atom. The van der Waals surface area contributed by atoms with Gasteiger partial charge in [-0.2, -0.15) is 13.2 Å². The normalized spacial score (nSPS) is 13.8. The standard InChI is InChI=1S/C26H24F3N3O5S/c1-4-32-22-20(31-24(32)25(34,26(27,28)29)17-9-6-5-7-10-17)13-16(14-21(22)37-2)23(33)30-18-11-8-12-19(15-18)38(3,35)36/h5-15,34H,4H2,1-3H3,(H,30,33). The van der Waals surface area contributed by atoms with Gasteiger partial charge in [-0.05, 0) is 37.3 Å². The van der Waals surface area contributed by atoms with Crippen molar-refractivity contribution < 1.29 is 36.2 Å². The lowest BCUT2D eigenvalue weighted by atomic mass is 9.92. The van der Waals surface area contributed by atoms with Crippen LogP contribution in [0.4, 0.5) is 18.9 Å². The number of methoxy groups -OCH3 is 1. The van der Waals surface area contributed by atoms with Gasteiger partial charge in [-0.3, -0.25) is 4.79 Å². The predicted octanol–water partition coefficient (Wildman–Crippen LogP) is 4.52. The highest BCUT2D eigenvalue weighted by molar-refractivity contribution is 7.90. The first kappa shape index (κ1) is 27.1. The largest absolute Gasteiger partial charge is 0.494 e. The topological polar surface area (TPSA) is 111 Å². The number of aryl methyl sites for hydroxylation is 1. The summed E-state index contributed by atoms with van der Waals surface area (Å²) in [7, 11) is -2.22. The molecular weight excluding hydrogens is 523 g/mol. The summed E-state index contributed by atoms with van der Waals surface area (Å²) in [5.74, 6) is -1.28. The van der Waals surface area contributed by atoms with Gasteiger partial charge in [0.2, 0.25) is 5.60 Å². The van der Waals surface area contributed by atoms with Gasteiger partial charge in [0.25, 0.3) is 5.91 Å². The molecule has 2 N–H and O–H groups in total. The molecule has 0 aliphatic heterocycles. The number of carbonyl (C=O) groups excluding carboxylic acids is 1. The summed E-state index contributed by atoms with van der Waals surface area (Å²) in [6.07, 6.45) is -4.09. The second-order valence-electron chi connectivity index (χ2n) is 8.55. The first-order chi connectivity index (χ1) is 17.8. The Kier molecular flexibility index (Phi) is 6.97. The van der Waals surface area contributed by atoms with Crippen molar-refractivity contribution in [1.29, 1.82) is 0 Å². The third-order valence-corrected chi connectivity index (χ3v) is 7.16. The number of halogens is 3. The smallest absolute Gasteiger partial charge is 0.428 e. The van der Waals surface area contributed by atoms with E-state index in [2.05, 4.69) is 10.3 Å². The maximum Gasteiger partial charge on any atom is 0.428 e. The maximum absolute atomic E-state index is 14.4. The summed E-state index contributed by atoms with van der Waals surface area (Å²) < 4.78 is 73.6. The second-order valence-corrected chi connectivity index (χ2v) is 10.6. The highest BCUT2D eigenvalue weighted by atomic mass is 32.2. The quantitative estimate of drug-likeness (QED) is 0.352. The van der Waals surface area contributed by atoms with Crippen molar-refractivity contribution in [2.75, 3.05) is 18.7 Å². The Morgan fingerprint density at radius 3 is 2.34 bits per heavy atom. The van der Waals surface area contributed by atoms with Gasteiger partial charge in [0.15, 0.2) is 15.7 Å². The van der Waals surface area contributed by atoms with Crippen molar-refractivity contribution in [2.45, 2.75) is 30.1 Å². The summed E-state index contributed by atoms with van der Waals surface area (Å²) in [6, 6.07) is 14.9. The number of sulfone groups is 1. The highest BCUT2D eigenvalue weighted by Gasteiger charge is 2.59. The summed E-state index contributed by atoms with van der Waals surface area (Å²) >= 11 is 0. The molecule has 1 amide bonds. The number of carbonyl (C=O) groups is 1. The van der Waals surface area contributed by atoms with E-state index in [1.807, 2.05) is 0 Å². The fourth-order valence-electron chi connectivity index (χ4n) is 4.21. The molecule has 38 heavy (non-hydrogen) atoms. The van der Waals surface area contributed by atoms with Crippen LogP contribution in [0.25, 0.3) is 11.0 Å². The second kappa shape index (κ2) is 9.76. The molecule has 0 aliphatic rings. The Balaban J connectivity index is 1.86. The number of imidazole rings is 1. The zero-order valence-corrected chi connectivity index (χ0v) is 21.4. The molecule has 0 saturated heterocycles. The van der Waals surface area contributed by atoms with E-state index >= 15 is 0 Å². The van der Waals surface area contributed by atoms with Gasteiger partial charge in [-0.25, -0.2) is 13.4 Å². The molecule has 8 nitrogen and oxygen atoms in total. The van der Waals surface area contributed by atoms with Gasteiger partial charge in [0.1, 0.15) is 11.3 Å². The van der Waals surface area contributed by atoms with Crippen molar-refractivity contribution in [2.24, 2.45) is 0 Å². The number of rotatable bonds is 7. The minimum Gasteiger partial charge on any atom is -0.494 e. The third-order valence-electron chi connectivity index (χ3n) is 6.05. The lowest BCUT2D eigenvalue weighted by molar-refractivity contribution is -0.252. The van der Waals surface area contributed by atoms with Crippen molar-refractivity contribution in [3.8, 4) is 5.75 Å². The third kappa shape index (κ3) is 4.72. The van der Waals surface area contributed by atoms with Crippen LogP contribution >= 0.6 is 0 Å². The van der Waals surface area contributed by atoms with Crippen molar-refractivity contribution in [3.05, 3.63) is 83.7 Å². The number of amides is 1. The van der Waals surface area contributed by atoms with Crippen LogP contribution in [0.3, 0.4) is 0 Å². The summed E-state index contributed by atoms with van der Waals surface area (Å²) in [6.45, 7) is 1.61. The van der Waals surface area contributed by atoms with Crippen LogP contribution < -0.4 is 10.1 Å². The molecule has 0 spiro atoms. The minimum atomic E-state index is -5.12. The van der Waals surface area contributed by atoms with Crippen LogP contribution in [0.5, 0.6) is 5.75 Å². The van der Waals surface area contributed by atoms with Crippen LogP contribution in [-0.4, -0.2) is 48.5 Å². The molecule has 0 saturated carbocycles. The molecule has 3 aromatic carbocycles. The monoisotopic (exact) mass is 547 g/mol. The number of hydrogen-bond acceptors (Lipinski definition) is 6. The average molecular weight is 548 g/mol. The minimum absolute atomic E-state index is 0.00155. The first-order valence-corrected chi connectivity index (χ1v) is 13.2. The number of anilines is 1. The Bertz CT molecular complexity index is 1620. The first-order valence-electron chi connectivity index (χ1n) is 11.4. The predicted molar refractivity (Wildman–Crippen MR) is 135 cm³/mol. The van der Waals surface area contributed by atoms with Crippen LogP contribution in [-0.2, 0) is 22.0 Å². The van der Waals surface area contributed by atoms with E-state index < -0.39 is 38.9 Å². The zero-order valence-electron chi connectivity index (χ0n) is 20.6. The molecule has 1 heterocycles. The molecule has 1 atom stereocenters. The van der Waals surface area contributed by atoms with Crippen LogP contribution in [0.1, 0.15) is 28.7 Å². The fraction of sp³-hybridized carbons (Fsp3) is 0.231. The number of nitrogens with one attached hydrogen (secondary N) is 1. The molecule has 1 unspecified atom stereocenters. The molecular formula is C26H24F3N3O5S. The van der Waals surface area contributed by atoms with Crippen LogP contribution in [0.15, 0.2) is 71.6 Å². The molecule has 4 rings (SSSR count). The van der Waals surface area contributed by atoms with Crippen LogP contribution in [0.2, 0.25) is 0 Å². The van der Waals surface area contributed by atoms with Gasteiger partial charge in [0, 0.05) is 29.6 Å². The van der Waals surface area contributed by atoms with E-state index in [4.69, 9.17) is 4.74 Å². The van der Waals surface area contributed by atoms with E-state index in [-0.39, 0.29) is 39.5 Å². The summed E-state index contributed by atoms with van der Waals surface area (Å²) in [5.41, 5.74) is -3.49. The average Bonchev–Trinajstić information content (AvgIpc) is 3.26. The highest BCUT2D eigenvalue weighted by Crippen LogP contribution is 2.45. The molecule has 0 fully saturated rings. The zero-order chi connectivity index (χ0) is 27.9. The number of aromatic nitrogens is 2. The number of hydrogen-bond donors (Lipinski definition) is 2. The molecule has 4 aromatic rings. The fourth-order valence-corrected chi connectivity index (χ4v) is 4.87. The van der Waals surface area contributed by atoms with Gasteiger partial charge < -0.3 is 19.7 Å². The Labute approximate surface area is 216 Å². The van der Waals surface area contributed by atoms with Gasteiger partial charge >= 0.3 is 6.18 Å². The lowest BCUT2D eigenvalue weighted by Crippen LogP contribution is -2.45. The van der Waals surface area contributed by atoms with Crippen LogP contribution in [0, 0.1) is 0 Å². The summed E-state index contributed by atoms with van der Waals surface area (Å²) in [5, 5.41) is 13.7. The van der Waals surface area contributed by atoms with Crippen molar-refractivity contribution in [3.63, 3.8) is 0 Å². The van der Waals surface area contributed by atoms with E-state index in [1.54, 1.807) is 6.92 Å². The number of fused-ring (bicyclic) bond motifs is 1. The number of benzene rings is 3. The van der Waals surface area contributed by atoms with Gasteiger partial charge in [0.05, 0.1) is 17.5 Å². The number of nitrogens with zero attached hydrogens (tertiary/aromatic N) is 2. The van der Waals surface area contributed by atoms with Gasteiger partial charge in [-0.15, -0.1) is 0 Å². The lowest BCUT2D eigenvalue weighted by Gasteiger charge is -2.30. The Morgan fingerprint density at radius 2 is 1.76 bits per heavy atom. The van der Waals surface area contributed by atoms with Crippen molar-refractivity contribution >= 4 is 32.5 Å². The molecule has 200 valence electrons. The van der Waals surface area contributed by atoms with E-state index in [1.165, 1.54) is 66.3 Å². The van der Waals surface area contributed by atoms with E-state index in [9.17, 15) is 31.5 Å². The molecule has 0 bridgehead atoms. The number of alkyl halides is 3. The number of ether oxygens (including phenoxy) is 1. The molecule has 1 aromatic heterocycles. The molecule has 12 heteroatoms. The van der Waals surface area contributed by atoms with Gasteiger partial charge in [-0.1, -0.05) is 36.4 Å². The number of aliphatic hydroxyl groups is 1.